The number of hydrogen-bond acceptors (Lipinski definition) is 5. The first-order chi connectivity index (χ1) is 8.22. The van der Waals surface area contributed by atoms with Gasteiger partial charge in [0.2, 0.25) is 11.9 Å². The van der Waals surface area contributed by atoms with Crippen LogP contribution in [-0.2, 0) is 13.1 Å². The lowest BCUT2D eigenvalue weighted by atomic mass is 10.1. The summed E-state index contributed by atoms with van der Waals surface area (Å²) in [6.45, 7) is 3.49. The molecular formula is C12H13N5. The van der Waals surface area contributed by atoms with E-state index < -0.39 is 0 Å². The highest BCUT2D eigenvalue weighted by Gasteiger charge is 2.21. The molecule has 0 atom stereocenters. The minimum atomic E-state index is 0.281. The highest BCUT2D eigenvalue weighted by atomic mass is 15.3. The lowest BCUT2D eigenvalue weighted by Crippen LogP contribution is -2.19. The number of nitrogens with two attached hydrogens (primary N) is 1. The molecule has 1 aromatic carbocycles. The van der Waals surface area contributed by atoms with Crippen molar-refractivity contribution in [2.45, 2.75) is 20.0 Å². The molecule has 0 saturated heterocycles. The van der Waals surface area contributed by atoms with E-state index in [2.05, 4.69) is 44.1 Å². The molecule has 2 N–H and O–H groups in total. The summed E-state index contributed by atoms with van der Waals surface area (Å²) in [4.78, 5) is 14.6. The molecule has 0 spiro atoms. The van der Waals surface area contributed by atoms with E-state index in [9.17, 15) is 0 Å². The molecule has 86 valence electrons. The first kappa shape index (κ1) is 10.0. The van der Waals surface area contributed by atoms with E-state index in [1.807, 2.05) is 6.92 Å². The topological polar surface area (TPSA) is 67.9 Å². The van der Waals surface area contributed by atoms with Gasteiger partial charge in [0.25, 0.3) is 0 Å². The monoisotopic (exact) mass is 227 g/mol. The van der Waals surface area contributed by atoms with E-state index in [-0.39, 0.29) is 5.95 Å². The summed E-state index contributed by atoms with van der Waals surface area (Å²) in [6, 6.07) is 8.37. The lowest BCUT2D eigenvalue weighted by Gasteiger charge is -2.15. The fourth-order valence-corrected chi connectivity index (χ4v) is 2.10. The Labute approximate surface area is 99.3 Å². The summed E-state index contributed by atoms with van der Waals surface area (Å²) in [6.07, 6.45) is 0. The summed E-state index contributed by atoms with van der Waals surface area (Å²) in [5.41, 5.74) is 8.29. The van der Waals surface area contributed by atoms with Crippen LogP contribution in [0.25, 0.3) is 0 Å². The van der Waals surface area contributed by atoms with Gasteiger partial charge in [0.15, 0.2) is 0 Å². The number of fused-ring (bicyclic) bond motifs is 1. The average Bonchev–Trinajstić information content (AvgIpc) is 2.71. The number of aryl methyl sites for hydroxylation is 1. The maximum atomic E-state index is 5.64. The molecule has 0 saturated carbocycles. The summed E-state index contributed by atoms with van der Waals surface area (Å²) in [5, 5.41) is 0. The van der Waals surface area contributed by atoms with Crippen LogP contribution in [0.4, 0.5) is 11.9 Å². The summed E-state index contributed by atoms with van der Waals surface area (Å²) in [7, 11) is 0. The number of anilines is 2. The van der Waals surface area contributed by atoms with Crippen LogP contribution in [-0.4, -0.2) is 15.0 Å². The zero-order valence-corrected chi connectivity index (χ0v) is 9.59. The first-order valence-electron chi connectivity index (χ1n) is 5.52. The third kappa shape index (κ3) is 1.80. The SMILES string of the molecule is Cc1nc(N)nc(N2Cc3ccccc3C2)n1. The minimum Gasteiger partial charge on any atom is -0.368 e. The number of hydrogen-bond donors (Lipinski definition) is 1. The number of aromatic nitrogens is 3. The number of nitrogen functional groups attached to an aromatic ring is 1. The van der Waals surface area contributed by atoms with Gasteiger partial charge < -0.3 is 10.6 Å². The molecular weight excluding hydrogens is 214 g/mol. The largest absolute Gasteiger partial charge is 0.368 e. The van der Waals surface area contributed by atoms with Crippen LogP contribution in [0.2, 0.25) is 0 Å². The van der Waals surface area contributed by atoms with E-state index in [1.165, 1.54) is 11.1 Å². The number of benzene rings is 1. The van der Waals surface area contributed by atoms with Crippen molar-refractivity contribution in [3.05, 3.63) is 41.2 Å². The van der Waals surface area contributed by atoms with Gasteiger partial charge in [-0.3, -0.25) is 0 Å². The van der Waals surface area contributed by atoms with Crippen LogP contribution in [0.5, 0.6) is 0 Å². The van der Waals surface area contributed by atoms with Gasteiger partial charge in [0, 0.05) is 13.1 Å². The second-order valence-electron chi connectivity index (χ2n) is 4.17. The smallest absolute Gasteiger partial charge is 0.231 e. The van der Waals surface area contributed by atoms with Gasteiger partial charge in [-0.05, 0) is 18.1 Å². The van der Waals surface area contributed by atoms with Crippen LogP contribution in [0, 0.1) is 6.92 Å². The van der Waals surface area contributed by atoms with Gasteiger partial charge in [-0.2, -0.15) is 15.0 Å². The van der Waals surface area contributed by atoms with Crippen LogP contribution >= 0.6 is 0 Å². The minimum absolute atomic E-state index is 0.281. The molecule has 5 heteroatoms. The molecule has 0 radical (unpaired) electrons. The van der Waals surface area contributed by atoms with Crippen LogP contribution in [0.1, 0.15) is 17.0 Å². The third-order valence-corrected chi connectivity index (χ3v) is 2.88. The molecule has 1 aliphatic rings. The standard InChI is InChI=1S/C12H13N5/c1-8-14-11(13)16-12(15-8)17-6-9-4-2-3-5-10(9)7-17/h2-5H,6-7H2,1H3,(H2,13,14,15,16). The van der Waals surface area contributed by atoms with Crippen molar-refractivity contribution in [3.63, 3.8) is 0 Å². The lowest BCUT2D eigenvalue weighted by molar-refractivity contribution is 0.809. The summed E-state index contributed by atoms with van der Waals surface area (Å²) >= 11 is 0. The second kappa shape index (κ2) is 3.69. The molecule has 17 heavy (non-hydrogen) atoms. The zero-order chi connectivity index (χ0) is 11.8. The van der Waals surface area contributed by atoms with Gasteiger partial charge in [-0.15, -0.1) is 0 Å². The normalized spacial score (nSPS) is 13.8. The highest BCUT2D eigenvalue weighted by Crippen LogP contribution is 2.25. The van der Waals surface area contributed by atoms with E-state index in [0.717, 1.165) is 13.1 Å². The van der Waals surface area contributed by atoms with Crippen molar-refractivity contribution in [1.82, 2.24) is 15.0 Å². The van der Waals surface area contributed by atoms with Crippen molar-refractivity contribution in [1.29, 1.82) is 0 Å². The molecule has 0 amide bonds. The fourth-order valence-electron chi connectivity index (χ4n) is 2.10. The zero-order valence-electron chi connectivity index (χ0n) is 9.59. The number of nitrogens with zero attached hydrogens (tertiary/aromatic N) is 4. The Morgan fingerprint density at radius 2 is 1.71 bits per heavy atom. The molecule has 2 heterocycles. The number of rotatable bonds is 1. The third-order valence-electron chi connectivity index (χ3n) is 2.88. The second-order valence-corrected chi connectivity index (χ2v) is 4.17. The Morgan fingerprint density at radius 3 is 2.29 bits per heavy atom. The first-order valence-corrected chi connectivity index (χ1v) is 5.52. The van der Waals surface area contributed by atoms with E-state index in [4.69, 9.17) is 5.73 Å². The molecule has 0 bridgehead atoms. The molecule has 1 aromatic heterocycles. The fraction of sp³-hybridized carbons (Fsp3) is 0.250. The molecule has 2 aromatic rings. The molecule has 0 unspecified atom stereocenters. The van der Waals surface area contributed by atoms with E-state index >= 15 is 0 Å². The van der Waals surface area contributed by atoms with Gasteiger partial charge in [-0.1, -0.05) is 24.3 Å². The maximum absolute atomic E-state index is 5.64. The predicted octanol–water partition coefficient (Wildman–Crippen LogP) is 1.28. The van der Waals surface area contributed by atoms with Crippen molar-refractivity contribution in [2.24, 2.45) is 0 Å². The van der Waals surface area contributed by atoms with Crippen molar-refractivity contribution >= 4 is 11.9 Å². The molecule has 5 nitrogen and oxygen atoms in total. The Balaban J connectivity index is 1.93. The van der Waals surface area contributed by atoms with Gasteiger partial charge in [0.05, 0.1) is 0 Å². The van der Waals surface area contributed by atoms with Gasteiger partial charge in [0.1, 0.15) is 5.82 Å². The van der Waals surface area contributed by atoms with E-state index in [0.29, 0.717) is 11.8 Å². The van der Waals surface area contributed by atoms with Crippen molar-refractivity contribution < 1.29 is 0 Å². The highest BCUT2D eigenvalue weighted by molar-refractivity contribution is 5.44. The van der Waals surface area contributed by atoms with Crippen LogP contribution in [0.15, 0.2) is 24.3 Å². The summed E-state index contributed by atoms with van der Waals surface area (Å²) < 4.78 is 0. The molecule has 1 aliphatic heterocycles. The Morgan fingerprint density at radius 1 is 1.06 bits per heavy atom. The molecule has 3 rings (SSSR count). The quantitative estimate of drug-likeness (QED) is 0.794. The van der Waals surface area contributed by atoms with E-state index in [1.54, 1.807) is 0 Å². The predicted molar refractivity (Wildman–Crippen MR) is 65.3 cm³/mol. The Bertz CT molecular complexity index is 521. The van der Waals surface area contributed by atoms with Gasteiger partial charge >= 0.3 is 0 Å². The Kier molecular flexibility index (Phi) is 2.18. The maximum Gasteiger partial charge on any atom is 0.231 e. The average molecular weight is 227 g/mol. The van der Waals surface area contributed by atoms with Crippen molar-refractivity contribution in [2.75, 3.05) is 10.6 Å². The van der Waals surface area contributed by atoms with Crippen LogP contribution < -0.4 is 10.6 Å². The van der Waals surface area contributed by atoms with Crippen molar-refractivity contribution in [3.8, 4) is 0 Å². The molecule has 0 fully saturated rings. The molecule has 0 aliphatic carbocycles. The Hall–Kier alpha value is -2.17. The van der Waals surface area contributed by atoms with Gasteiger partial charge in [-0.25, -0.2) is 0 Å². The van der Waals surface area contributed by atoms with Crippen LogP contribution in [0.3, 0.4) is 0 Å². The summed E-state index contributed by atoms with van der Waals surface area (Å²) in [5.74, 6) is 1.60.